The summed E-state index contributed by atoms with van der Waals surface area (Å²) < 4.78 is 0. The van der Waals surface area contributed by atoms with Crippen molar-refractivity contribution in [2.75, 3.05) is 0 Å². The zero-order valence-corrected chi connectivity index (χ0v) is 10.5. The third kappa shape index (κ3) is 3.07. The molecule has 0 radical (unpaired) electrons. The Morgan fingerprint density at radius 1 is 1.27 bits per heavy atom. The van der Waals surface area contributed by atoms with Crippen LogP contribution in [0.4, 0.5) is 0 Å². The van der Waals surface area contributed by atoms with E-state index in [-0.39, 0.29) is 5.92 Å². The van der Waals surface area contributed by atoms with Gasteiger partial charge in [-0.3, -0.25) is 0 Å². The number of aryl methyl sites for hydroxylation is 2. The second-order valence-corrected chi connectivity index (χ2v) is 5.12. The van der Waals surface area contributed by atoms with Crippen molar-refractivity contribution in [1.29, 1.82) is 0 Å². The van der Waals surface area contributed by atoms with E-state index >= 15 is 0 Å². The van der Waals surface area contributed by atoms with Crippen LogP contribution in [0, 0.1) is 19.8 Å². The van der Waals surface area contributed by atoms with Crippen LogP contribution in [-0.2, 0) is 6.42 Å². The van der Waals surface area contributed by atoms with E-state index in [0.29, 0.717) is 0 Å². The molecule has 0 aromatic heterocycles. The van der Waals surface area contributed by atoms with Gasteiger partial charge in [0, 0.05) is 6.42 Å². The van der Waals surface area contributed by atoms with Gasteiger partial charge in [-0.1, -0.05) is 37.6 Å². The normalized spacial score (nSPS) is 15.4. The Morgan fingerprint density at radius 2 is 1.87 bits per heavy atom. The third-order valence-electron chi connectivity index (χ3n) is 3.29. The molecule has 0 aliphatic rings. The highest BCUT2D eigenvalue weighted by atomic mass is 16.3. The van der Waals surface area contributed by atoms with Gasteiger partial charge in [0.05, 0.1) is 5.60 Å². The van der Waals surface area contributed by atoms with E-state index in [0.717, 1.165) is 6.42 Å². The molecule has 1 unspecified atom stereocenters. The highest BCUT2D eigenvalue weighted by molar-refractivity contribution is 5.31. The lowest BCUT2D eigenvalue weighted by molar-refractivity contribution is 0.0138. The van der Waals surface area contributed by atoms with Crippen LogP contribution in [0.25, 0.3) is 0 Å². The van der Waals surface area contributed by atoms with Gasteiger partial charge in [-0.15, -0.1) is 0 Å². The van der Waals surface area contributed by atoms with Crippen molar-refractivity contribution in [2.45, 2.75) is 46.6 Å². The molecule has 1 aromatic carbocycles. The van der Waals surface area contributed by atoms with Gasteiger partial charge in [0.15, 0.2) is 0 Å². The lowest BCUT2D eigenvalue weighted by Gasteiger charge is -2.28. The topological polar surface area (TPSA) is 20.2 Å². The van der Waals surface area contributed by atoms with Crippen LogP contribution in [0.15, 0.2) is 18.2 Å². The van der Waals surface area contributed by atoms with E-state index < -0.39 is 5.60 Å². The van der Waals surface area contributed by atoms with Crippen molar-refractivity contribution in [2.24, 2.45) is 5.92 Å². The molecule has 0 aliphatic carbocycles. The van der Waals surface area contributed by atoms with Crippen molar-refractivity contribution in [3.63, 3.8) is 0 Å². The van der Waals surface area contributed by atoms with Gasteiger partial charge in [0.25, 0.3) is 0 Å². The second-order valence-electron chi connectivity index (χ2n) is 5.12. The Morgan fingerprint density at radius 3 is 2.33 bits per heavy atom. The van der Waals surface area contributed by atoms with Gasteiger partial charge in [-0.25, -0.2) is 0 Å². The largest absolute Gasteiger partial charge is 0.390 e. The molecular formula is C14H22O. The van der Waals surface area contributed by atoms with Crippen molar-refractivity contribution < 1.29 is 5.11 Å². The van der Waals surface area contributed by atoms with Gasteiger partial charge >= 0.3 is 0 Å². The van der Waals surface area contributed by atoms with Gasteiger partial charge in [0.2, 0.25) is 0 Å². The predicted octanol–water partition coefficient (Wildman–Crippen LogP) is 3.25. The number of rotatable bonds is 3. The fraction of sp³-hybridized carbons (Fsp3) is 0.571. The molecular weight excluding hydrogens is 184 g/mol. The average Bonchev–Trinajstić information content (AvgIpc) is 2.09. The zero-order valence-electron chi connectivity index (χ0n) is 10.5. The maximum Gasteiger partial charge on any atom is 0.0682 e. The van der Waals surface area contributed by atoms with Gasteiger partial charge < -0.3 is 5.11 Å². The number of aliphatic hydroxyl groups is 1. The molecule has 0 bridgehead atoms. The molecule has 15 heavy (non-hydrogen) atoms. The van der Waals surface area contributed by atoms with Crippen LogP contribution in [0.1, 0.15) is 37.5 Å². The number of hydrogen-bond acceptors (Lipinski definition) is 1. The Balaban J connectivity index is 2.90. The summed E-state index contributed by atoms with van der Waals surface area (Å²) in [5, 5.41) is 10.2. The molecule has 1 nitrogen and oxygen atoms in total. The first-order valence-corrected chi connectivity index (χ1v) is 5.61. The minimum Gasteiger partial charge on any atom is -0.390 e. The minimum absolute atomic E-state index is 0.276. The molecule has 0 amide bonds. The first-order valence-electron chi connectivity index (χ1n) is 5.61. The van der Waals surface area contributed by atoms with Crippen LogP contribution in [0.2, 0.25) is 0 Å². The molecule has 0 spiro atoms. The summed E-state index contributed by atoms with van der Waals surface area (Å²) in [4.78, 5) is 0. The zero-order chi connectivity index (χ0) is 11.6. The van der Waals surface area contributed by atoms with Crippen LogP contribution < -0.4 is 0 Å². The Kier molecular flexibility index (Phi) is 3.56. The predicted molar refractivity (Wildman–Crippen MR) is 65.1 cm³/mol. The third-order valence-corrected chi connectivity index (χ3v) is 3.29. The molecule has 0 fully saturated rings. The summed E-state index contributed by atoms with van der Waals surface area (Å²) in [5.41, 5.74) is 3.19. The summed E-state index contributed by atoms with van der Waals surface area (Å²) in [7, 11) is 0. The van der Waals surface area contributed by atoms with Gasteiger partial charge in [-0.05, 0) is 37.8 Å². The molecule has 1 N–H and O–H groups in total. The summed E-state index contributed by atoms with van der Waals surface area (Å²) in [6, 6.07) is 6.41. The smallest absolute Gasteiger partial charge is 0.0682 e. The van der Waals surface area contributed by atoms with Crippen molar-refractivity contribution in [3.05, 3.63) is 34.9 Å². The Bertz CT molecular complexity index is 337. The molecule has 1 atom stereocenters. The standard InChI is InChI=1S/C14H22O/c1-10(2)14(5,15)9-13-7-6-11(3)8-12(13)4/h6-8,10,15H,9H2,1-5H3. The summed E-state index contributed by atoms with van der Waals surface area (Å²) in [5.74, 6) is 0.276. The van der Waals surface area contributed by atoms with Crippen molar-refractivity contribution in [3.8, 4) is 0 Å². The molecule has 0 aliphatic heterocycles. The lowest BCUT2D eigenvalue weighted by Crippen LogP contribution is -2.33. The summed E-state index contributed by atoms with van der Waals surface area (Å²) >= 11 is 0. The van der Waals surface area contributed by atoms with Gasteiger partial charge in [0.1, 0.15) is 0 Å². The lowest BCUT2D eigenvalue weighted by atomic mass is 9.85. The second kappa shape index (κ2) is 4.36. The molecule has 0 saturated heterocycles. The van der Waals surface area contributed by atoms with Crippen LogP contribution in [-0.4, -0.2) is 10.7 Å². The molecule has 1 rings (SSSR count). The van der Waals surface area contributed by atoms with E-state index in [2.05, 4.69) is 45.9 Å². The van der Waals surface area contributed by atoms with Crippen molar-refractivity contribution in [1.82, 2.24) is 0 Å². The fourth-order valence-electron chi connectivity index (χ4n) is 1.63. The van der Waals surface area contributed by atoms with Crippen LogP contribution in [0.5, 0.6) is 0 Å². The summed E-state index contributed by atoms with van der Waals surface area (Å²) in [6.07, 6.45) is 0.733. The molecule has 1 heteroatoms. The maximum absolute atomic E-state index is 10.2. The SMILES string of the molecule is Cc1ccc(CC(C)(O)C(C)C)c(C)c1. The molecule has 1 aromatic rings. The first-order chi connectivity index (χ1) is 6.83. The Hall–Kier alpha value is -0.820. The van der Waals surface area contributed by atoms with Crippen molar-refractivity contribution >= 4 is 0 Å². The van der Waals surface area contributed by atoms with E-state index in [9.17, 15) is 5.11 Å². The summed E-state index contributed by atoms with van der Waals surface area (Å²) in [6.45, 7) is 10.2. The van der Waals surface area contributed by atoms with E-state index in [1.807, 2.05) is 6.92 Å². The quantitative estimate of drug-likeness (QED) is 0.805. The first kappa shape index (κ1) is 12.3. The highest BCUT2D eigenvalue weighted by Crippen LogP contribution is 2.23. The average molecular weight is 206 g/mol. The molecule has 0 heterocycles. The van der Waals surface area contributed by atoms with E-state index in [1.165, 1.54) is 16.7 Å². The van der Waals surface area contributed by atoms with E-state index in [1.54, 1.807) is 0 Å². The minimum atomic E-state index is -0.611. The van der Waals surface area contributed by atoms with E-state index in [4.69, 9.17) is 0 Å². The van der Waals surface area contributed by atoms with Crippen LogP contribution in [0.3, 0.4) is 0 Å². The molecule has 0 saturated carbocycles. The maximum atomic E-state index is 10.2. The molecule has 84 valence electrons. The highest BCUT2D eigenvalue weighted by Gasteiger charge is 2.25. The van der Waals surface area contributed by atoms with Gasteiger partial charge in [-0.2, -0.15) is 0 Å². The number of benzene rings is 1. The van der Waals surface area contributed by atoms with Crippen LogP contribution >= 0.6 is 0 Å². The number of hydrogen-bond donors (Lipinski definition) is 1. The monoisotopic (exact) mass is 206 g/mol. The Labute approximate surface area is 93.1 Å². The fourth-order valence-corrected chi connectivity index (χ4v) is 1.63.